The van der Waals surface area contributed by atoms with Crippen LogP contribution < -0.4 is 31.9 Å². The number of halogens is 4. The second kappa shape index (κ2) is 45.1. The Bertz CT molecular complexity index is 4090. The summed E-state index contributed by atoms with van der Waals surface area (Å²) in [7, 11) is 0. The summed E-state index contributed by atoms with van der Waals surface area (Å²) in [4.78, 5) is 77.8. The zero-order chi connectivity index (χ0) is 95.0. The minimum Gasteiger partial charge on any atom is -0.390 e. The van der Waals surface area contributed by atoms with Gasteiger partial charge in [-0.2, -0.15) is 0 Å². The van der Waals surface area contributed by atoms with Crippen molar-refractivity contribution < 1.29 is 92.6 Å². The van der Waals surface area contributed by atoms with Crippen LogP contribution in [0, 0.1) is 5.92 Å². The van der Waals surface area contributed by atoms with Crippen LogP contribution in [0.1, 0.15) is 45.4 Å². The van der Waals surface area contributed by atoms with Crippen molar-refractivity contribution in [1.82, 2.24) is 61.3 Å². The van der Waals surface area contributed by atoms with Crippen molar-refractivity contribution in [2.45, 2.75) is 180 Å². The van der Waals surface area contributed by atoms with Gasteiger partial charge in [-0.3, -0.25) is 28.8 Å². The molecule has 0 aliphatic carbocycles. The van der Waals surface area contributed by atoms with Crippen molar-refractivity contribution in [1.29, 1.82) is 0 Å². The molecule has 2 bridgehead atoms. The van der Waals surface area contributed by atoms with Crippen LogP contribution in [0.15, 0.2) is 148 Å². The lowest BCUT2D eigenvalue weighted by Gasteiger charge is -2.38. The molecule has 13 rings (SSSR count). The number of hydrogen-bond donors (Lipinski definition) is 12. The zero-order valence-corrected chi connectivity index (χ0v) is 87.3. The van der Waals surface area contributed by atoms with E-state index in [2.05, 4.69) is 250 Å². The first-order chi connectivity index (χ1) is 58.7. The number of alkyl halides is 4. The minimum atomic E-state index is -1.20. The van der Waals surface area contributed by atoms with Crippen LogP contribution >= 0.6 is 114 Å². The summed E-state index contributed by atoms with van der Waals surface area (Å²) >= 11 is 14.2. The summed E-state index contributed by atoms with van der Waals surface area (Å²) in [6.45, 7) is 44.4. The summed E-state index contributed by atoms with van der Waals surface area (Å²) < 4.78 is 41.7. The van der Waals surface area contributed by atoms with Gasteiger partial charge in [0.1, 0.15) is 82.9 Å². The minimum absolute atomic E-state index is 0.0577. The van der Waals surface area contributed by atoms with E-state index < -0.39 is 107 Å². The van der Waals surface area contributed by atoms with E-state index in [1.165, 1.54) is 36.5 Å². The molecular weight excluding hydrogens is 2060 g/mol. The van der Waals surface area contributed by atoms with Crippen LogP contribution in [-0.2, 0) is 61.9 Å². The molecule has 13 heterocycles. The Labute approximate surface area is 792 Å². The number of fused-ring (bicyclic) bond motifs is 2. The normalized spacial score (nSPS) is 34.2. The van der Waals surface area contributed by atoms with Gasteiger partial charge in [-0.05, 0) is 155 Å². The Morgan fingerprint density at radius 3 is 0.961 bits per heavy atom. The van der Waals surface area contributed by atoms with E-state index in [1.54, 1.807) is 66.6 Å². The largest absolute Gasteiger partial charge is 0.390 e. The quantitative estimate of drug-likeness (QED) is 0.0265. The molecule has 13 aliphatic rings. The standard InChI is InChI=1S/C15H23N2O4P.C15H25N2O3P.C14H22BrN2O3P.C14H22ClN2O3P.2C14H22IN2O3P/c1-10-16-11(18)5-7-17(10)14-12-13(19)15(21-14,9-20-12)6-8-22(2,3)4;1-10-14(19)12(7-9-21(3,4)5)20-15(10)17-8-6-13(18)16-11(17)2;4*1-9-16-11(18)5-7-17(9)14-12(15)13(19)10(20-14)6-8-21(2,3)4/h5,7,12-14,19H,1-2,6,8-9H2,3-4H3,(H,16,18);6,8,10,12,14-15,19H,2-3,7,9H2,1,4-5H3,(H,16,18);4*5,7,10,12-14,19H,1-2,6,8H2,3-4H3,(H,16,18)/t12-,13+,14?,15+;10-,12-,14+,15?;4*10-,12-,13-,14?/m111111/s1. The molecule has 6 unspecified atom stereocenters. The third-order valence-corrected chi connectivity index (χ3v) is 35.5. The van der Waals surface area contributed by atoms with Gasteiger partial charge in [0, 0.05) is 79.6 Å². The average Bonchev–Trinajstić information content (AvgIpc) is 1.58. The third-order valence-electron chi connectivity index (χ3n) is 22.5. The van der Waals surface area contributed by atoms with Crippen LogP contribution in [0.4, 0.5) is 0 Å². The molecule has 31 nitrogen and oxygen atoms in total. The highest BCUT2D eigenvalue weighted by Crippen LogP contribution is 2.50. The van der Waals surface area contributed by atoms with E-state index >= 15 is 0 Å². The first-order valence-corrected chi connectivity index (χ1v) is 63.9. The van der Waals surface area contributed by atoms with E-state index in [1.807, 2.05) is 6.92 Å². The molecule has 0 aromatic rings. The van der Waals surface area contributed by atoms with Gasteiger partial charge in [0.15, 0.2) is 18.7 Å². The Balaban J connectivity index is 0.000000189. The second-order valence-corrected chi connectivity index (χ2v) is 68.2. The molecule has 0 radical (unpaired) electrons. The zero-order valence-electron chi connectivity index (χ0n) is 75.3. The lowest BCUT2D eigenvalue weighted by atomic mass is 9.96. The van der Waals surface area contributed by atoms with E-state index in [0.717, 1.165) is 75.5 Å². The van der Waals surface area contributed by atoms with Gasteiger partial charge in [0.25, 0.3) is 35.4 Å². The smallest absolute Gasteiger partial charge is 0.250 e. The van der Waals surface area contributed by atoms with Gasteiger partial charge >= 0.3 is 0 Å². The van der Waals surface area contributed by atoms with Crippen molar-refractivity contribution in [3.8, 4) is 0 Å². The van der Waals surface area contributed by atoms with E-state index in [9.17, 15) is 59.4 Å². The molecule has 7 fully saturated rings. The molecule has 0 aromatic carbocycles. The van der Waals surface area contributed by atoms with Gasteiger partial charge in [0.05, 0.1) is 74.2 Å². The molecule has 41 heteroatoms. The Morgan fingerprint density at radius 2 is 0.646 bits per heavy atom. The van der Waals surface area contributed by atoms with Crippen LogP contribution in [0.5, 0.6) is 0 Å². The Morgan fingerprint density at radius 1 is 0.394 bits per heavy atom. The van der Waals surface area contributed by atoms with Crippen molar-refractivity contribution in [2.24, 2.45) is 5.92 Å². The summed E-state index contributed by atoms with van der Waals surface area (Å²) in [6.07, 6.45) is 46.4. The fraction of sp³-hybridized carbons (Fsp3) is 0.581. The topological polar surface area (TPSA) is 380 Å². The number of hydrogen-bond acceptors (Lipinski definition) is 25. The average molecular weight is 2200 g/mol. The Kier molecular flexibility index (Phi) is 38.5. The predicted octanol–water partition coefficient (Wildman–Crippen LogP) is 6.91. The van der Waals surface area contributed by atoms with Crippen molar-refractivity contribution in [2.75, 3.05) is 124 Å². The van der Waals surface area contributed by atoms with Crippen LogP contribution in [0.3, 0.4) is 0 Å². The predicted molar refractivity (Wildman–Crippen MR) is 546 cm³/mol. The van der Waals surface area contributed by atoms with Crippen LogP contribution in [-0.4, -0.2) is 391 Å². The first kappa shape index (κ1) is 108. The van der Waals surface area contributed by atoms with Gasteiger partial charge in [0.2, 0.25) is 0 Å². The number of rotatable bonds is 24. The SMILES string of the molecule is C=C1NC(=O)C=CN1C1O[C@@]2(CCP(=C)(C)C)CO[C@@H]1[C@@H]2O.C=C1NC(=O)C=CN1C1O[C@H](CCP(=C)(C)C)[C@@H](O)[C@H]1Br.C=C1NC(=O)C=CN1C1O[C@H](CCP(=C)(C)C)[C@@H](O)[C@H]1C.C=C1NC(=O)C=CN1C1O[C@H](CCP(=C)(C)C)[C@@H](O)[C@H]1Cl.C=C1NC(=O)C=CN1C1O[C@H](CCP(=C)(C)C)[C@@H](O)[C@H]1I.C=C1NC(=O)C=CN1C1O[C@H](CCP(=C)(C)C)[C@@H](O)[C@H]1I. The molecule has 0 spiro atoms. The molecule has 127 heavy (non-hydrogen) atoms. The van der Waals surface area contributed by atoms with Gasteiger partial charge < -0.3 is 125 Å². The number of nitrogens with zero attached hydrogens (tertiary/aromatic N) is 6. The number of carbonyl (C=O) groups excluding carboxylic acids is 6. The van der Waals surface area contributed by atoms with Crippen LogP contribution in [0.2, 0.25) is 0 Å². The van der Waals surface area contributed by atoms with Crippen molar-refractivity contribution in [3.63, 3.8) is 0 Å². The lowest BCUT2D eigenvalue weighted by Crippen LogP contribution is -2.49. The molecule has 13 aliphatic heterocycles. The van der Waals surface area contributed by atoms with Gasteiger partial charge in [-0.25, -0.2) is 0 Å². The summed E-state index contributed by atoms with van der Waals surface area (Å²) in [5, 5.41) is 77.6. The van der Waals surface area contributed by atoms with Crippen LogP contribution in [0.25, 0.3) is 0 Å². The molecule has 0 saturated carbocycles. The fourth-order valence-corrected chi connectivity index (χ4v) is 24.0. The van der Waals surface area contributed by atoms with E-state index in [4.69, 9.17) is 44.8 Å². The molecular formula is C86H136BrClI2N12O19P6. The summed E-state index contributed by atoms with van der Waals surface area (Å²) in [5.74, 6) is 1.43. The van der Waals surface area contributed by atoms with Gasteiger partial charge in [-0.1, -0.05) is 108 Å². The number of ether oxygens (including phenoxy) is 7. The molecule has 6 amide bonds. The maximum absolute atomic E-state index is 11.3. The molecule has 24 atom stereocenters. The molecule has 7 saturated heterocycles. The summed E-state index contributed by atoms with van der Waals surface area (Å²) in [6, 6.07) is 0. The summed E-state index contributed by atoms with van der Waals surface area (Å²) in [5.41, 5.74) is -0.681. The lowest BCUT2D eigenvalue weighted by molar-refractivity contribution is -0.182. The maximum Gasteiger partial charge on any atom is 0.250 e. The molecule has 12 N–H and O–H groups in total. The van der Waals surface area contributed by atoms with Crippen molar-refractivity contribution >= 4 is 187 Å². The van der Waals surface area contributed by atoms with Crippen molar-refractivity contribution in [3.05, 3.63) is 148 Å². The third kappa shape index (κ3) is 30.5. The number of nitrogens with one attached hydrogen (secondary N) is 6. The monoisotopic (exact) mass is 2190 g/mol. The highest BCUT2D eigenvalue weighted by Gasteiger charge is 2.63. The Hall–Kier alpha value is -3.99. The highest BCUT2D eigenvalue weighted by atomic mass is 127. The highest BCUT2D eigenvalue weighted by molar-refractivity contribution is 14.1. The fourth-order valence-electron chi connectivity index (χ4n) is 15.2. The van der Waals surface area contributed by atoms with Gasteiger partial charge in [-0.15, -0.1) is 90.7 Å². The number of carbonyl (C=O) groups is 6. The number of aliphatic hydroxyl groups excluding tert-OH is 6. The second-order valence-electron chi connectivity index (χ2n) is 37.8. The first-order valence-electron chi connectivity index (χ1n) is 41.7. The maximum atomic E-state index is 11.3. The van der Waals surface area contributed by atoms with E-state index in [-0.39, 0.29) is 109 Å². The molecule has 0 aromatic heterocycles. The number of aliphatic hydroxyl groups is 6. The van der Waals surface area contributed by atoms with E-state index in [0.29, 0.717) is 41.5 Å². The number of amides is 6. The molecule has 712 valence electrons.